The van der Waals surface area contributed by atoms with E-state index >= 15 is 0 Å². The number of nitrogens with zero attached hydrogens (tertiary/aromatic N) is 3. The zero-order chi connectivity index (χ0) is 15.7. The quantitative estimate of drug-likeness (QED) is 0.839. The third-order valence-electron chi connectivity index (χ3n) is 3.34. The monoisotopic (exact) mass is 341 g/mol. The van der Waals surface area contributed by atoms with Gasteiger partial charge in [0, 0.05) is 18.5 Å². The molecule has 1 fully saturated rings. The molecular formula is C14H13Cl2N3O3. The fourth-order valence-electron chi connectivity index (χ4n) is 2.27. The van der Waals surface area contributed by atoms with E-state index in [2.05, 4.69) is 10.1 Å². The van der Waals surface area contributed by atoms with E-state index in [4.69, 9.17) is 32.5 Å². The number of rotatable bonds is 2. The molecule has 0 saturated carbocycles. The Bertz CT molecular complexity index is 704. The molecule has 1 saturated heterocycles. The highest BCUT2D eigenvalue weighted by Crippen LogP contribution is 2.25. The molecule has 8 heteroatoms. The molecule has 3 rings (SSSR count). The lowest BCUT2D eigenvalue weighted by atomic mass is 10.1. The number of halogens is 2. The van der Waals surface area contributed by atoms with Gasteiger partial charge in [-0.15, -0.1) is 0 Å². The first-order chi connectivity index (χ1) is 10.5. The molecule has 116 valence electrons. The number of carbonyl (C=O) groups excluding carboxylic acids is 1. The van der Waals surface area contributed by atoms with Crippen molar-refractivity contribution < 1.29 is 14.1 Å². The molecule has 1 aromatic carbocycles. The van der Waals surface area contributed by atoms with Crippen molar-refractivity contribution in [2.75, 3.05) is 19.7 Å². The van der Waals surface area contributed by atoms with Crippen molar-refractivity contribution in [2.45, 2.75) is 13.0 Å². The summed E-state index contributed by atoms with van der Waals surface area (Å²) in [6.45, 7) is 2.89. The van der Waals surface area contributed by atoms with Crippen molar-refractivity contribution in [2.24, 2.45) is 0 Å². The minimum absolute atomic E-state index is 0.194. The number of hydrogen-bond donors (Lipinski definition) is 0. The molecule has 0 spiro atoms. The highest BCUT2D eigenvalue weighted by molar-refractivity contribution is 6.35. The third-order valence-corrected chi connectivity index (χ3v) is 3.91. The van der Waals surface area contributed by atoms with E-state index < -0.39 is 6.10 Å². The van der Waals surface area contributed by atoms with Gasteiger partial charge in [0.05, 0.1) is 23.7 Å². The van der Waals surface area contributed by atoms with Crippen LogP contribution in [0.5, 0.6) is 0 Å². The Labute approximate surface area is 136 Å². The van der Waals surface area contributed by atoms with E-state index in [0.717, 1.165) is 0 Å². The SMILES string of the molecule is Cc1nc([C@H]2CN(C(=O)c3cc(Cl)ccc3Cl)CCO2)no1. The summed E-state index contributed by atoms with van der Waals surface area (Å²) in [5.74, 6) is 0.702. The van der Waals surface area contributed by atoms with Crippen LogP contribution in [-0.2, 0) is 4.74 Å². The number of ether oxygens (including phenoxy) is 1. The van der Waals surface area contributed by atoms with Gasteiger partial charge in [-0.1, -0.05) is 28.4 Å². The summed E-state index contributed by atoms with van der Waals surface area (Å²) in [6.07, 6.45) is -0.409. The van der Waals surface area contributed by atoms with Crippen LogP contribution in [0.4, 0.5) is 0 Å². The fourth-order valence-corrected chi connectivity index (χ4v) is 2.64. The van der Waals surface area contributed by atoms with Gasteiger partial charge in [0.25, 0.3) is 5.91 Å². The number of benzene rings is 1. The molecule has 2 aromatic rings. The highest BCUT2D eigenvalue weighted by atomic mass is 35.5. The van der Waals surface area contributed by atoms with Crippen LogP contribution in [0.2, 0.25) is 10.0 Å². The Kier molecular flexibility index (Phi) is 4.33. The zero-order valence-corrected chi connectivity index (χ0v) is 13.3. The van der Waals surface area contributed by atoms with Gasteiger partial charge in [0.2, 0.25) is 11.7 Å². The van der Waals surface area contributed by atoms with Gasteiger partial charge in [-0.3, -0.25) is 4.79 Å². The van der Waals surface area contributed by atoms with Crippen LogP contribution in [0.15, 0.2) is 22.7 Å². The maximum atomic E-state index is 12.6. The predicted octanol–water partition coefficient (Wildman–Crippen LogP) is 2.90. The average molecular weight is 342 g/mol. The molecule has 1 atom stereocenters. The first-order valence-electron chi connectivity index (χ1n) is 6.71. The van der Waals surface area contributed by atoms with Crippen molar-refractivity contribution >= 4 is 29.1 Å². The van der Waals surface area contributed by atoms with Crippen LogP contribution in [0.25, 0.3) is 0 Å². The molecule has 0 radical (unpaired) electrons. The van der Waals surface area contributed by atoms with E-state index in [1.54, 1.807) is 30.0 Å². The highest BCUT2D eigenvalue weighted by Gasteiger charge is 2.29. The van der Waals surface area contributed by atoms with Crippen molar-refractivity contribution in [3.63, 3.8) is 0 Å². The average Bonchev–Trinajstić information content (AvgIpc) is 2.96. The molecule has 0 bridgehead atoms. The standard InChI is InChI=1S/C14H13Cl2N3O3/c1-8-17-13(18-22-8)12-7-19(4-5-21-12)14(20)10-6-9(15)2-3-11(10)16/h2-3,6,12H,4-5,7H2,1H3/t12-/m1/s1. The Morgan fingerprint density at radius 2 is 2.23 bits per heavy atom. The molecule has 1 aliphatic heterocycles. The van der Waals surface area contributed by atoms with Crippen LogP contribution in [0.1, 0.15) is 28.2 Å². The largest absolute Gasteiger partial charge is 0.366 e. The number of morpholine rings is 1. The van der Waals surface area contributed by atoms with Gasteiger partial charge in [0.1, 0.15) is 6.10 Å². The molecule has 6 nitrogen and oxygen atoms in total. The summed E-state index contributed by atoms with van der Waals surface area (Å²) in [6, 6.07) is 4.82. The maximum absolute atomic E-state index is 12.6. The molecular weight excluding hydrogens is 329 g/mol. The Hall–Kier alpha value is -1.63. The first-order valence-corrected chi connectivity index (χ1v) is 7.46. The molecule has 1 aromatic heterocycles. The lowest BCUT2D eigenvalue weighted by Gasteiger charge is -2.31. The fraction of sp³-hybridized carbons (Fsp3) is 0.357. The number of aromatic nitrogens is 2. The van der Waals surface area contributed by atoms with Gasteiger partial charge < -0.3 is 14.2 Å². The van der Waals surface area contributed by atoms with Crippen LogP contribution < -0.4 is 0 Å². The van der Waals surface area contributed by atoms with Gasteiger partial charge in [-0.05, 0) is 18.2 Å². The third kappa shape index (κ3) is 3.09. The molecule has 1 aliphatic rings. The summed E-state index contributed by atoms with van der Waals surface area (Å²) in [7, 11) is 0. The summed E-state index contributed by atoms with van der Waals surface area (Å²) in [4.78, 5) is 18.4. The zero-order valence-electron chi connectivity index (χ0n) is 11.8. The van der Waals surface area contributed by atoms with Crippen LogP contribution in [0.3, 0.4) is 0 Å². The second-order valence-corrected chi connectivity index (χ2v) is 5.75. The van der Waals surface area contributed by atoms with E-state index in [1.165, 1.54) is 0 Å². The summed E-state index contributed by atoms with van der Waals surface area (Å²) >= 11 is 12.0. The van der Waals surface area contributed by atoms with E-state index in [-0.39, 0.29) is 5.91 Å². The van der Waals surface area contributed by atoms with Gasteiger partial charge >= 0.3 is 0 Å². The topological polar surface area (TPSA) is 68.5 Å². The van der Waals surface area contributed by atoms with Crippen LogP contribution in [0, 0.1) is 6.92 Å². The van der Waals surface area contributed by atoms with Crippen LogP contribution in [-0.4, -0.2) is 40.6 Å². The second-order valence-electron chi connectivity index (χ2n) is 4.91. The minimum atomic E-state index is -0.409. The van der Waals surface area contributed by atoms with E-state index in [9.17, 15) is 4.79 Å². The lowest BCUT2D eigenvalue weighted by Crippen LogP contribution is -2.42. The Balaban J connectivity index is 1.79. The van der Waals surface area contributed by atoms with Gasteiger partial charge in [0.15, 0.2) is 0 Å². The maximum Gasteiger partial charge on any atom is 0.255 e. The van der Waals surface area contributed by atoms with Crippen LogP contribution >= 0.6 is 23.2 Å². The van der Waals surface area contributed by atoms with E-state index in [1.807, 2.05) is 0 Å². The molecule has 0 unspecified atom stereocenters. The number of aryl methyl sites for hydroxylation is 1. The van der Waals surface area contributed by atoms with Gasteiger partial charge in [-0.25, -0.2) is 0 Å². The molecule has 22 heavy (non-hydrogen) atoms. The Morgan fingerprint density at radius 1 is 1.41 bits per heavy atom. The second kappa shape index (κ2) is 6.24. The Morgan fingerprint density at radius 3 is 2.95 bits per heavy atom. The minimum Gasteiger partial charge on any atom is -0.366 e. The molecule has 0 aliphatic carbocycles. The number of carbonyl (C=O) groups is 1. The number of hydrogen-bond acceptors (Lipinski definition) is 5. The lowest BCUT2D eigenvalue weighted by molar-refractivity contribution is -0.0276. The smallest absolute Gasteiger partial charge is 0.255 e. The number of amides is 1. The normalized spacial score (nSPS) is 18.5. The van der Waals surface area contributed by atoms with Gasteiger partial charge in [-0.2, -0.15) is 4.98 Å². The first kappa shape index (κ1) is 15.3. The summed E-state index contributed by atoms with van der Waals surface area (Å²) in [5.41, 5.74) is 0.374. The van der Waals surface area contributed by atoms with Crippen molar-refractivity contribution in [3.8, 4) is 0 Å². The summed E-state index contributed by atoms with van der Waals surface area (Å²) < 4.78 is 10.6. The molecule has 2 heterocycles. The predicted molar refractivity (Wildman–Crippen MR) is 80.1 cm³/mol. The van der Waals surface area contributed by atoms with E-state index in [0.29, 0.717) is 47.0 Å². The van der Waals surface area contributed by atoms with Crippen molar-refractivity contribution in [1.29, 1.82) is 0 Å². The molecule has 1 amide bonds. The molecule has 0 N–H and O–H groups in total. The summed E-state index contributed by atoms with van der Waals surface area (Å²) in [5, 5.41) is 4.67. The van der Waals surface area contributed by atoms with Crippen molar-refractivity contribution in [3.05, 3.63) is 45.5 Å². The van der Waals surface area contributed by atoms with Crippen molar-refractivity contribution in [1.82, 2.24) is 15.0 Å².